The Morgan fingerprint density at radius 3 is 3.08 bits per heavy atom. The van der Waals surface area contributed by atoms with Crippen LogP contribution in [-0.4, -0.2) is 14.6 Å². The summed E-state index contributed by atoms with van der Waals surface area (Å²) in [7, 11) is 0. The molecule has 0 aliphatic heterocycles. The number of nitrogens with two attached hydrogens (primary N) is 1. The van der Waals surface area contributed by atoms with E-state index in [0.29, 0.717) is 4.73 Å². The average molecular weight is 241 g/mol. The van der Waals surface area contributed by atoms with E-state index in [9.17, 15) is 0 Å². The molecule has 0 spiro atoms. The maximum atomic E-state index is 5.79. The van der Waals surface area contributed by atoms with Gasteiger partial charge in [0.25, 0.3) is 0 Å². The van der Waals surface area contributed by atoms with Gasteiger partial charge in [0, 0.05) is 17.8 Å². The number of fused-ring (bicyclic) bond motifs is 1. The lowest BCUT2D eigenvalue weighted by Gasteiger charge is -2.04. The lowest BCUT2D eigenvalue weighted by molar-refractivity contribution is 0.809. The van der Waals surface area contributed by atoms with E-state index >= 15 is 0 Å². The molecule has 0 fully saturated rings. The molecule has 4 nitrogen and oxygen atoms in total. The lowest BCUT2D eigenvalue weighted by atomic mass is 10.1. The highest BCUT2D eigenvalue weighted by Gasteiger charge is 2.08. The van der Waals surface area contributed by atoms with Crippen LogP contribution < -0.4 is 5.73 Å². The predicted octanol–water partition coefficient (Wildman–Crippen LogP) is 1.51. The SMILES string of the molecule is CC(N)c1cccn2nc(Br)nc12. The zero-order chi connectivity index (χ0) is 9.42. The third-order valence-corrected chi connectivity index (χ3v) is 2.19. The molecule has 2 aromatic rings. The van der Waals surface area contributed by atoms with Crippen LogP contribution in [0.5, 0.6) is 0 Å². The molecule has 0 bridgehead atoms. The zero-order valence-electron chi connectivity index (χ0n) is 7.11. The molecule has 0 saturated carbocycles. The predicted molar refractivity (Wildman–Crippen MR) is 53.3 cm³/mol. The first-order valence-electron chi connectivity index (χ1n) is 3.95. The maximum absolute atomic E-state index is 5.79. The second-order valence-corrected chi connectivity index (χ2v) is 3.61. The number of aromatic nitrogens is 3. The molecule has 68 valence electrons. The van der Waals surface area contributed by atoms with Gasteiger partial charge in [-0.1, -0.05) is 6.07 Å². The number of pyridine rings is 1. The van der Waals surface area contributed by atoms with Crippen molar-refractivity contribution >= 4 is 21.6 Å². The molecule has 5 heteroatoms. The van der Waals surface area contributed by atoms with Gasteiger partial charge in [-0.25, -0.2) is 9.50 Å². The van der Waals surface area contributed by atoms with E-state index in [1.165, 1.54) is 0 Å². The van der Waals surface area contributed by atoms with Crippen LogP contribution in [0, 0.1) is 0 Å². The van der Waals surface area contributed by atoms with E-state index in [1.54, 1.807) is 4.52 Å². The van der Waals surface area contributed by atoms with E-state index in [0.717, 1.165) is 11.2 Å². The third-order valence-electron chi connectivity index (χ3n) is 1.86. The van der Waals surface area contributed by atoms with Crippen LogP contribution in [0.3, 0.4) is 0 Å². The molecular formula is C8H9BrN4. The lowest BCUT2D eigenvalue weighted by Crippen LogP contribution is -2.07. The van der Waals surface area contributed by atoms with Gasteiger partial charge in [-0.05, 0) is 28.9 Å². The Morgan fingerprint density at radius 2 is 2.38 bits per heavy atom. The molecule has 0 aliphatic rings. The van der Waals surface area contributed by atoms with Crippen molar-refractivity contribution in [2.45, 2.75) is 13.0 Å². The van der Waals surface area contributed by atoms with E-state index in [4.69, 9.17) is 5.73 Å². The van der Waals surface area contributed by atoms with Gasteiger partial charge in [-0.2, -0.15) is 0 Å². The van der Waals surface area contributed by atoms with Crippen molar-refractivity contribution in [2.24, 2.45) is 5.73 Å². The van der Waals surface area contributed by atoms with Gasteiger partial charge in [-0.15, -0.1) is 5.10 Å². The molecule has 1 atom stereocenters. The average Bonchev–Trinajstić information content (AvgIpc) is 2.43. The van der Waals surface area contributed by atoms with Crippen LogP contribution in [0.2, 0.25) is 0 Å². The van der Waals surface area contributed by atoms with Gasteiger partial charge >= 0.3 is 0 Å². The maximum Gasteiger partial charge on any atom is 0.218 e. The first-order valence-corrected chi connectivity index (χ1v) is 4.74. The summed E-state index contributed by atoms with van der Waals surface area (Å²) in [5.41, 5.74) is 7.60. The largest absolute Gasteiger partial charge is 0.324 e. The van der Waals surface area contributed by atoms with Crippen LogP contribution in [-0.2, 0) is 0 Å². The van der Waals surface area contributed by atoms with Crippen molar-refractivity contribution < 1.29 is 0 Å². The minimum absolute atomic E-state index is 0.0280. The second-order valence-electron chi connectivity index (χ2n) is 2.90. The van der Waals surface area contributed by atoms with Gasteiger partial charge in [0.2, 0.25) is 4.73 Å². The Balaban J connectivity index is 2.75. The van der Waals surface area contributed by atoms with Crippen molar-refractivity contribution in [3.8, 4) is 0 Å². The topological polar surface area (TPSA) is 56.2 Å². The Kier molecular flexibility index (Phi) is 2.05. The fraction of sp³-hybridized carbons (Fsp3) is 0.250. The number of nitrogens with zero attached hydrogens (tertiary/aromatic N) is 3. The first kappa shape index (κ1) is 8.65. The number of halogens is 1. The second kappa shape index (κ2) is 3.08. The van der Waals surface area contributed by atoms with Crippen molar-refractivity contribution in [2.75, 3.05) is 0 Å². The zero-order valence-corrected chi connectivity index (χ0v) is 8.69. The third kappa shape index (κ3) is 1.45. The van der Waals surface area contributed by atoms with Gasteiger partial charge in [0.15, 0.2) is 5.65 Å². The van der Waals surface area contributed by atoms with Gasteiger partial charge in [0.1, 0.15) is 0 Å². The summed E-state index contributed by atoms with van der Waals surface area (Å²) < 4.78 is 2.29. The molecule has 0 saturated heterocycles. The minimum Gasteiger partial charge on any atom is -0.324 e. The van der Waals surface area contributed by atoms with Crippen LogP contribution in [0.1, 0.15) is 18.5 Å². The molecule has 0 radical (unpaired) electrons. The Morgan fingerprint density at radius 1 is 1.62 bits per heavy atom. The summed E-state index contributed by atoms with van der Waals surface area (Å²) in [4.78, 5) is 4.22. The molecule has 2 N–H and O–H groups in total. The molecule has 2 aromatic heterocycles. The van der Waals surface area contributed by atoms with Crippen LogP contribution in [0.15, 0.2) is 23.1 Å². The van der Waals surface area contributed by atoms with Crippen molar-refractivity contribution in [1.29, 1.82) is 0 Å². The van der Waals surface area contributed by atoms with Crippen molar-refractivity contribution in [1.82, 2.24) is 14.6 Å². The molecule has 2 heterocycles. The van der Waals surface area contributed by atoms with E-state index in [-0.39, 0.29) is 6.04 Å². The Hall–Kier alpha value is -0.940. The van der Waals surface area contributed by atoms with Crippen LogP contribution in [0.25, 0.3) is 5.65 Å². The molecular weight excluding hydrogens is 232 g/mol. The first-order chi connectivity index (χ1) is 6.18. The molecule has 0 amide bonds. The van der Waals surface area contributed by atoms with Gasteiger partial charge in [-0.3, -0.25) is 0 Å². The quantitative estimate of drug-likeness (QED) is 0.823. The van der Waals surface area contributed by atoms with Crippen molar-refractivity contribution in [3.63, 3.8) is 0 Å². The normalized spacial score (nSPS) is 13.5. The Bertz CT molecular complexity index is 435. The monoisotopic (exact) mass is 240 g/mol. The molecule has 0 aromatic carbocycles. The number of hydrogen-bond donors (Lipinski definition) is 1. The Labute approximate surface area is 83.9 Å². The smallest absolute Gasteiger partial charge is 0.218 e. The number of rotatable bonds is 1. The highest BCUT2D eigenvalue weighted by Crippen LogP contribution is 2.16. The molecule has 0 aliphatic carbocycles. The summed E-state index contributed by atoms with van der Waals surface area (Å²) in [6, 6.07) is 3.84. The van der Waals surface area contributed by atoms with Gasteiger partial charge < -0.3 is 5.73 Å². The molecule has 13 heavy (non-hydrogen) atoms. The summed E-state index contributed by atoms with van der Waals surface area (Å²) in [5.74, 6) is 0. The fourth-order valence-corrected chi connectivity index (χ4v) is 1.59. The highest BCUT2D eigenvalue weighted by molar-refractivity contribution is 9.10. The molecule has 2 rings (SSSR count). The summed E-state index contributed by atoms with van der Waals surface area (Å²) in [5, 5.41) is 4.12. The van der Waals surface area contributed by atoms with Crippen LogP contribution in [0.4, 0.5) is 0 Å². The minimum atomic E-state index is -0.0280. The standard InChI is InChI=1S/C8H9BrN4/c1-5(10)6-3-2-4-13-7(6)11-8(9)12-13/h2-5H,10H2,1H3. The summed E-state index contributed by atoms with van der Waals surface area (Å²) >= 11 is 3.22. The fourth-order valence-electron chi connectivity index (χ4n) is 1.26. The number of hydrogen-bond acceptors (Lipinski definition) is 3. The highest BCUT2D eigenvalue weighted by atomic mass is 79.9. The van der Waals surface area contributed by atoms with Crippen molar-refractivity contribution in [3.05, 3.63) is 28.6 Å². The van der Waals surface area contributed by atoms with E-state index in [1.807, 2.05) is 25.3 Å². The van der Waals surface area contributed by atoms with Gasteiger partial charge in [0.05, 0.1) is 0 Å². The molecule has 1 unspecified atom stereocenters. The van der Waals surface area contributed by atoms with Crippen LogP contribution >= 0.6 is 15.9 Å². The summed E-state index contributed by atoms with van der Waals surface area (Å²) in [6.45, 7) is 1.93. The summed E-state index contributed by atoms with van der Waals surface area (Å²) in [6.07, 6.45) is 1.85. The van der Waals surface area contributed by atoms with E-state index in [2.05, 4.69) is 26.0 Å². The van der Waals surface area contributed by atoms with E-state index < -0.39 is 0 Å².